The van der Waals surface area contributed by atoms with Crippen molar-refractivity contribution in [3.05, 3.63) is 12.3 Å². The van der Waals surface area contributed by atoms with Gasteiger partial charge in [0.05, 0.1) is 13.1 Å². The van der Waals surface area contributed by atoms with Crippen LogP contribution in [-0.4, -0.2) is 46.1 Å². The van der Waals surface area contributed by atoms with Gasteiger partial charge in [0.25, 0.3) is 0 Å². The number of rotatable bonds is 1. The fourth-order valence-corrected chi connectivity index (χ4v) is 1.89. The standard InChI is InChI=1S/C10H14F2N4O/c1-10(12)5-16(4-6(11)8(10)17)9-14-3-2-7(13)15-9/h2-3,6,8,17H,4-5H2,1H3,(H2,13,14,15)/t6-,8-,10+/m1/s1. The molecular formula is C10H14F2N4O. The van der Waals surface area contributed by atoms with Gasteiger partial charge in [0, 0.05) is 6.20 Å². The highest BCUT2D eigenvalue weighted by Crippen LogP contribution is 2.29. The van der Waals surface area contributed by atoms with Crippen LogP contribution >= 0.6 is 0 Å². The lowest BCUT2D eigenvalue weighted by molar-refractivity contribution is -0.0545. The Kier molecular flexibility index (Phi) is 2.86. The highest BCUT2D eigenvalue weighted by Gasteiger charge is 2.46. The first-order valence-electron chi connectivity index (χ1n) is 5.24. The van der Waals surface area contributed by atoms with Crippen LogP contribution in [0.2, 0.25) is 0 Å². The van der Waals surface area contributed by atoms with Crippen LogP contribution in [0.4, 0.5) is 20.5 Å². The van der Waals surface area contributed by atoms with Gasteiger partial charge in [-0.3, -0.25) is 0 Å². The molecule has 94 valence electrons. The minimum absolute atomic E-state index is 0.149. The number of halogens is 2. The van der Waals surface area contributed by atoms with Crippen molar-refractivity contribution in [2.24, 2.45) is 0 Å². The second-order valence-electron chi connectivity index (χ2n) is 4.40. The molecular weight excluding hydrogens is 230 g/mol. The van der Waals surface area contributed by atoms with Crippen molar-refractivity contribution in [2.45, 2.75) is 24.9 Å². The summed E-state index contributed by atoms with van der Waals surface area (Å²) in [5, 5.41) is 9.38. The maximum atomic E-state index is 13.9. The molecule has 1 aromatic heterocycles. The lowest BCUT2D eigenvalue weighted by atomic mass is 9.92. The molecule has 0 spiro atoms. The second kappa shape index (κ2) is 4.06. The summed E-state index contributed by atoms with van der Waals surface area (Å²) in [5.41, 5.74) is 3.44. The Labute approximate surface area is 97.3 Å². The first-order chi connectivity index (χ1) is 7.90. The van der Waals surface area contributed by atoms with E-state index < -0.39 is 17.9 Å². The van der Waals surface area contributed by atoms with Crippen molar-refractivity contribution in [1.82, 2.24) is 9.97 Å². The van der Waals surface area contributed by atoms with Gasteiger partial charge in [0.15, 0.2) is 5.67 Å². The third-order valence-corrected chi connectivity index (χ3v) is 2.80. The van der Waals surface area contributed by atoms with Gasteiger partial charge in [-0.2, -0.15) is 4.98 Å². The van der Waals surface area contributed by atoms with Gasteiger partial charge < -0.3 is 15.7 Å². The van der Waals surface area contributed by atoms with Gasteiger partial charge >= 0.3 is 0 Å². The summed E-state index contributed by atoms with van der Waals surface area (Å²) in [4.78, 5) is 9.15. The monoisotopic (exact) mass is 244 g/mol. The summed E-state index contributed by atoms with van der Waals surface area (Å²) >= 11 is 0. The Morgan fingerprint density at radius 3 is 2.94 bits per heavy atom. The predicted molar refractivity (Wildman–Crippen MR) is 59.1 cm³/mol. The van der Waals surface area contributed by atoms with E-state index in [1.807, 2.05) is 0 Å². The maximum Gasteiger partial charge on any atom is 0.227 e. The Morgan fingerprint density at radius 2 is 2.35 bits per heavy atom. The van der Waals surface area contributed by atoms with Crippen LogP contribution < -0.4 is 10.6 Å². The van der Waals surface area contributed by atoms with Crippen molar-refractivity contribution in [3.63, 3.8) is 0 Å². The van der Waals surface area contributed by atoms with Crippen molar-refractivity contribution >= 4 is 11.8 Å². The van der Waals surface area contributed by atoms with E-state index in [0.29, 0.717) is 0 Å². The molecule has 2 heterocycles. The number of alkyl halides is 2. The predicted octanol–water partition coefficient (Wildman–Crippen LogP) is 0.306. The Morgan fingerprint density at radius 1 is 1.65 bits per heavy atom. The number of hydrogen-bond acceptors (Lipinski definition) is 5. The highest BCUT2D eigenvalue weighted by molar-refractivity contribution is 5.39. The first kappa shape index (κ1) is 12.0. The molecule has 0 unspecified atom stereocenters. The van der Waals surface area contributed by atoms with E-state index in [4.69, 9.17) is 5.73 Å². The number of nitrogens with two attached hydrogens (primary N) is 1. The van der Waals surface area contributed by atoms with E-state index >= 15 is 0 Å². The number of anilines is 2. The first-order valence-corrected chi connectivity index (χ1v) is 5.24. The molecule has 1 aromatic rings. The van der Waals surface area contributed by atoms with Crippen molar-refractivity contribution in [1.29, 1.82) is 0 Å². The number of piperidine rings is 1. The van der Waals surface area contributed by atoms with Crippen LogP contribution in [-0.2, 0) is 0 Å². The fourth-order valence-electron chi connectivity index (χ4n) is 1.89. The van der Waals surface area contributed by atoms with E-state index in [1.165, 1.54) is 17.2 Å². The van der Waals surface area contributed by atoms with Gasteiger partial charge in [-0.25, -0.2) is 13.8 Å². The second-order valence-corrected chi connectivity index (χ2v) is 4.40. The van der Waals surface area contributed by atoms with Crippen LogP contribution in [0.5, 0.6) is 0 Å². The molecule has 0 aromatic carbocycles. The smallest absolute Gasteiger partial charge is 0.227 e. The molecule has 2 rings (SSSR count). The van der Waals surface area contributed by atoms with Crippen LogP contribution in [0, 0.1) is 0 Å². The van der Waals surface area contributed by atoms with Gasteiger partial charge in [-0.15, -0.1) is 0 Å². The van der Waals surface area contributed by atoms with Crippen LogP contribution in [0.1, 0.15) is 6.92 Å². The number of nitrogens with zero attached hydrogens (tertiary/aromatic N) is 3. The SMILES string of the molecule is C[C@]1(F)CN(c2nccc(N)n2)C[C@@H](F)[C@H]1O. The average molecular weight is 244 g/mol. The molecule has 0 saturated carbocycles. The minimum atomic E-state index is -2.04. The van der Waals surface area contributed by atoms with E-state index in [2.05, 4.69) is 9.97 Å². The van der Waals surface area contributed by atoms with Crippen LogP contribution in [0.25, 0.3) is 0 Å². The number of aliphatic hydroxyl groups excluding tert-OH is 1. The van der Waals surface area contributed by atoms with Gasteiger partial charge in [-0.1, -0.05) is 0 Å². The van der Waals surface area contributed by atoms with E-state index in [-0.39, 0.29) is 24.9 Å². The summed E-state index contributed by atoms with van der Waals surface area (Å²) in [6, 6.07) is 1.49. The molecule has 3 atom stereocenters. The van der Waals surface area contributed by atoms with Gasteiger partial charge in [0.2, 0.25) is 5.95 Å². The number of nitrogen functional groups attached to an aromatic ring is 1. The largest absolute Gasteiger partial charge is 0.387 e. The maximum absolute atomic E-state index is 13.9. The molecule has 7 heteroatoms. The Hall–Kier alpha value is -1.50. The van der Waals surface area contributed by atoms with Crippen LogP contribution in [0.15, 0.2) is 12.3 Å². The molecule has 1 aliphatic heterocycles. The quantitative estimate of drug-likeness (QED) is 0.743. The zero-order chi connectivity index (χ0) is 12.6. The zero-order valence-corrected chi connectivity index (χ0v) is 9.35. The van der Waals surface area contributed by atoms with Crippen molar-refractivity contribution in [2.75, 3.05) is 23.7 Å². The number of aromatic nitrogens is 2. The molecule has 3 N–H and O–H groups in total. The zero-order valence-electron chi connectivity index (χ0n) is 9.35. The normalized spacial score (nSPS) is 33.8. The summed E-state index contributed by atoms with van der Waals surface area (Å²) < 4.78 is 27.4. The molecule has 1 aliphatic rings. The summed E-state index contributed by atoms with van der Waals surface area (Å²) in [5.74, 6) is 0.403. The molecule has 1 saturated heterocycles. The van der Waals surface area contributed by atoms with E-state index in [9.17, 15) is 13.9 Å². The lowest BCUT2D eigenvalue weighted by Crippen LogP contribution is -2.59. The minimum Gasteiger partial charge on any atom is -0.387 e. The third kappa shape index (κ3) is 2.28. The molecule has 0 radical (unpaired) electrons. The van der Waals surface area contributed by atoms with Gasteiger partial charge in [-0.05, 0) is 13.0 Å². The molecule has 5 nitrogen and oxygen atoms in total. The molecule has 0 bridgehead atoms. The summed E-state index contributed by atoms with van der Waals surface area (Å²) in [7, 11) is 0. The molecule has 0 amide bonds. The summed E-state index contributed by atoms with van der Waals surface area (Å²) in [6.07, 6.45) is -1.88. The number of aliphatic hydroxyl groups is 1. The fraction of sp³-hybridized carbons (Fsp3) is 0.600. The lowest BCUT2D eigenvalue weighted by Gasteiger charge is -2.40. The van der Waals surface area contributed by atoms with Crippen molar-refractivity contribution in [3.8, 4) is 0 Å². The molecule has 0 aliphatic carbocycles. The number of hydrogen-bond donors (Lipinski definition) is 2. The molecule has 17 heavy (non-hydrogen) atoms. The summed E-state index contributed by atoms with van der Waals surface area (Å²) in [6.45, 7) is 0.838. The van der Waals surface area contributed by atoms with E-state index in [1.54, 1.807) is 0 Å². The van der Waals surface area contributed by atoms with Gasteiger partial charge in [0.1, 0.15) is 18.1 Å². The Balaban J connectivity index is 2.24. The van der Waals surface area contributed by atoms with E-state index in [0.717, 1.165) is 6.92 Å². The molecule has 1 fully saturated rings. The third-order valence-electron chi connectivity index (χ3n) is 2.80. The van der Waals surface area contributed by atoms with Crippen molar-refractivity contribution < 1.29 is 13.9 Å². The topological polar surface area (TPSA) is 75.3 Å². The Bertz CT molecular complexity index is 415. The van der Waals surface area contributed by atoms with Crippen LogP contribution in [0.3, 0.4) is 0 Å². The highest BCUT2D eigenvalue weighted by atomic mass is 19.2. The average Bonchev–Trinajstić information content (AvgIpc) is 2.25.